The fourth-order valence-electron chi connectivity index (χ4n) is 2.61. The van der Waals surface area contributed by atoms with Gasteiger partial charge in [-0.25, -0.2) is 0 Å². The summed E-state index contributed by atoms with van der Waals surface area (Å²) in [7, 11) is 0. The van der Waals surface area contributed by atoms with Crippen molar-refractivity contribution in [1.29, 1.82) is 0 Å². The first kappa shape index (κ1) is 13.1. The maximum Gasteiger partial charge on any atom is 0.257 e. The number of carbonyl (C=O) groups excluding carboxylic acids is 1. The number of nitrogens with zero attached hydrogens (tertiary/aromatic N) is 1. The summed E-state index contributed by atoms with van der Waals surface area (Å²) in [5, 5.41) is 0. The van der Waals surface area contributed by atoms with Crippen LogP contribution in [0.1, 0.15) is 41.3 Å². The van der Waals surface area contributed by atoms with Crippen LogP contribution in [0.4, 0.5) is 0 Å². The minimum atomic E-state index is 0.0591. The molecule has 1 aliphatic heterocycles. The van der Waals surface area contributed by atoms with Crippen LogP contribution in [0.2, 0.25) is 0 Å². The predicted molar refractivity (Wildman–Crippen MR) is 68.8 cm³/mol. The van der Waals surface area contributed by atoms with Gasteiger partial charge >= 0.3 is 0 Å². The molecule has 1 aromatic heterocycles. The van der Waals surface area contributed by atoms with Crippen molar-refractivity contribution < 1.29 is 13.9 Å². The molecule has 1 fully saturated rings. The van der Waals surface area contributed by atoms with E-state index in [1.807, 2.05) is 39.5 Å². The number of hydrogen-bond donors (Lipinski definition) is 0. The monoisotopic (exact) mass is 251 g/mol. The van der Waals surface area contributed by atoms with Crippen LogP contribution in [0.5, 0.6) is 0 Å². The lowest BCUT2D eigenvalue weighted by atomic mass is 10.1. The van der Waals surface area contributed by atoms with Gasteiger partial charge < -0.3 is 14.1 Å². The first-order chi connectivity index (χ1) is 8.40. The molecule has 1 aromatic rings. The number of furan rings is 1. The molecule has 1 saturated heterocycles. The fraction of sp³-hybridized carbons (Fsp3) is 0.643. The van der Waals surface area contributed by atoms with Crippen LogP contribution in [-0.2, 0) is 4.74 Å². The smallest absolute Gasteiger partial charge is 0.257 e. The van der Waals surface area contributed by atoms with Gasteiger partial charge in [-0.3, -0.25) is 4.79 Å². The summed E-state index contributed by atoms with van der Waals surface area (Å²) in [6, 6.07) is 0. The van der Waals surface area contributed by atoms with Crippen molar-refractivity contribution in [2.45, 2.75) is 46.8 Å². The molecule has 0 unspecified atom stereocenters. The molecule has 0 spiro atoms. The van der Waals surface area contributed by atoms with Crippen LogP contribution in [0, 0.1) is 20.8 Å². The predicted octanol–water partition coefficient (Wildman–Crippen LogP) is 2.45. The highest BCUT2D eigenvalue weighted by molar-refractivity contribution is 5.97. The van der Waals surface area contributed by atoms with Crippen molar-refractivity contribution in [1.82, 2.24) is 4.90 Å². The topological polar surface area (TPSA) is 42.7 Å². The number of amides is 1. The van der Waals surface area contributed by atoms with Crippen LogP contribution in [-0.4, -0.2) is 36.1 Å². The van der Waals surface area contributed by atoms with Gasteiger partial charge in [-0.15, -0.1) is 0 Å². The summed E-state index contributed by atoms with van der Waals surface area (Å²) in [6.07, 6.45) is 0.178. The normalized spacial score (nSPS) is 24.4. The van der Waals surface area contributed by atoms with Crippen molar-refractivity contribution >= 4 is 5.91 Å². The van der Waals surface area contributed by atoms with Gasteiger partial charge in [0.2, 0.25) is 0 Å². The number of ether oxygens (including phenoxy) is 1. The fourth-order valence-corrected chi connectivity index (χ4v) is 2.61. The van der Waals surface area contributed by atoms with Crippen molar-refractivity contribution in [2.75, 3.05) is 13.1 Å². The molecule has 0 N–H and O–H groups in total. The van der Waals surface area contributed by atoms with Crippen molar-refractivity contribution in [3.05, 3.63) is 22.6 Å². The second-order valence-corrected chi connectivity index (χ2v) is 5.18. The molecule has 18 heavy (non-hydrogen) atoms. The number of morpholine rings is 1. The molecule has 100 valence electrons. The quantitative estimate of drug-likeness (QED) is 0.770. The van der Waals surface area contributed by atoms with Gasteiger partial charge in [0.25, 0.3) is 5.91 Å². The Bertz CT molecular complexity index is 454. The first-order valence-corrected chi connectivity index (χ1v) is 6.41. The van der Waals surface area contributed by atoms with Crippen LogP contribution in [0.3, 0.4) is 0 Å². The average Bonchev–Trinajstić information content (AvgIpc) is 2.51. The van der Waals surface area contributed by atoms with E-state index >= 15 is 0 Å². The Morgan fingerprint density at radius 3 is 2.11 bits per heavy atom. The Balaban J connectivity index is 2.25. The molecule has 0 aliphatic carbocycles. The molecule has 0 saturated carbocycles. The number of aryl methyl sites for hydroxylation is 2. The van der Waals surface area contributed by atoms with E-state index in [0.29, 0.717) is 24.4 Å². The lowest BCUT2D eigenvalue weighted by molar-refractivity contribution is -0.0586. The van der Waals surface area contributed by atoms with Gasteiger partial charge in [0, 0.05) is 18.7 Å². The SMILES string of the molecule is Cc1oc(C)c(C(=O)N2C[C@H](C)O[C@@H](C)C2)c1C. The molecule has 2 atom stereocenters. The summed E-state index contributed by atoms with van der Waals surface area (Å²) in [6.45, 7) is 11.0. The van der Waals surface area contributed by atoms with Crippen LogP contribution >= 0.6 is 0 Å². The first-order valence-electron chi connectivity index (χ1n) is 6.41. The third kappa shape index (κ3) is 2.29. The average molecular weight is 251 g/mol. The maximum absolute atomic E-state index is 12.6. The molecule has 1 aliphatic rings. The summed E-state index contributed by atoms with van der Waals surface area (Å²) in [5.74, 6) is 1.59. The number of carbonyl (C=O) groups is 1. The Morgan fingerprint density at radius 1 is 1.11 bits per heavy atom. The Kier molecular flexibility index (Phi) is 3.48. The highest BCUT2D eigenvalue weighted by Gasteiger charge is 2.29. The van der Waals surface area contributed by atoms with Gasteiger partial charge in [-0.1, -0.05) is 0 Å². The highest BCUT2D eigenvalue weighted by atomic mass is 16.5. The minimum Gasteiger partial charge on any atom is -0.466 e. The van der Waals surface area contributed by atoms with Crippen molar-refractivity contribution in [2.24, 2.45) is 0 Å². The molecule has 0 aromatic carbocycles. The van der Waals surface area contributed by atoms with E-state index < -0.39 is 0 Å². The van der Waals surface area contributed by atoms with Crippen LogP contribution in [0.15, 0.2) is 4.42 Å². The Labute approximate surface area is 108 Å². The summed E-state index contributed by atoms with van der Waals surface area (Å²) >= 11 is 0. The van der Waals surface area contributed by atoms with E-state index in [1.165, 1.54) is 0 Å². The third-order valence-electron chi connectivity index (χ3n) is 3.48. The largest absolute Gasteiger partial charge is 0.466 e. The second-order valence-electron chi connectivity index (χ2n) is 5.18. The zero-order valence-electron chi connectivity index (χ0n) is 11.7. The molecule has 2 rings (SSSR count). The van der Waals surface area contributed by atoms with Gasteiger partial charge in [0.05, 0.1) is 17.8 Å². The molecule has 0 bridgehead atoms. The zero-order chi connectivity index (χ0) is 13.4. The Morgan fingerprint density at radius 2 is 1.67 bits per heavy atom. The molecular weight excluding hydrogens is 230 g/mol. The van der Waals surface area contributed by atoms with Gasteiger partial charge in [0.15, 0.2) is 0 Å². The molecule has 1 amide bonds. The number of hydrogen-bond acceptors (Lipinski definition) is 3. The molecule has 4 heteroatoms. The van der Waals surface area contributed by atoms with E-state index in [4.69, 9.17) is 9.15 Å². The van der Waals surface area contributed by atoms with Crippen LogP contribution in [0.25, 0.3) is 0 Å². The molecule has 2 heterocycles. The standard InChI is InChI=1S/C14H21NO3/c1-8-6-15(7-9(2)17-8)14(16)13-10(3)11(4)18-12(13)5/h8-9H,6-7H2,1-5H3/t8-,9-/m0/s1. The minimum absolute atomic E-state index is 0.0591. The van der Waals surface area contributed by atoms with Crippen molar-refractivity contribution in [3.8, 4) is 0 Å². The summed E-state index contributed by atoms with van der Waals surface area (Å²) in [5.41, 5.74) is 1.66. The molecular formula is C14H21NO3. The lowest BCUT2D eigenvalue weighted by Crippen LogP contribution is -2.48. The second kappa shape index (κ2) is 4.76. The molecule has 0 radical (unpaired) electrons. The maximum atomic E-state index is 12.6. The Hall–Kier alpha value is -1.29. The lowest BCUT2D eigenvalue weighted by Gasteiger charge is -2.35. The van der Waals surface area contributed by atoms with Gasteiger partial charge in [-0.05, 0) is 34.6 Å². The van der Waals surface area contributed by atoms with E-state index in [-0.39, 0.29) is 18.1 Å². The van der Waals surface area contributed by atoms with E-state index in [1.54, 1.807) is 0 Å². The third-order valence-corrected chi connectivity index (χ3v) is 3.48. The highest BCUT2D eigenvalue weighted by Crippen LogP contribution is 2.24. The zero-order valence-corrected chi connectivity index (χ0v) is 11.7. The van der Waals surface area contributed by atoms with Crippen molar-refractivity contribution in [3.63, 3.8) is 0 Å². The van der Waals surface area contributed by atoms with E-state index in [2.05, 4.69) is 0 Å². The van der Waals surface area contributed by atoms with Gasteiger partial charge in [-0.2, -0.15) is 0 Å². The van der Waals surface area contributed by atoms with E-state index in [0.717, 1.165) is 11.3 Å². The number of rotatable bonds is 1. The molecule has 4 nitrogen and oxygen atoms in total. The van der Waals surface area contributed by atoms with Crippen LogP contribution < -0.4 is 0 Å². The van der Waals surface area contributed by atoms with Gasteiger partial charge in [0.1, 0.15) is 11.5 Å². The summed E-state index contributed by atoms with van der Waals surface area (Å²) < 4.78 is 11.2. The summed E-state index contributed by atoms with van der Waals surface area (Å²) in [4.78, 5) is 14.4. The van der Waals surface area contributed by atoms with E-state index in [9.17, 15) is 4.79 Å².